The van der Waals surface area contributed by atoms with Crippen LogP contribution in [0.5, 0.6) is 0 Å². The number of rotatable bonds is 5. The summed E-state index contributed by atoms with van der Waals surface area (Å²) in [6.45, 7) is 6.71. The van der Waals surface area contributed by atoms with Gasteiger partial charge in [-0.05, 0) is 45.7 Å². The van der Waals surface area contributed by atoms with Gasteiger partial charge in [0.2, 0.25) is 0 Å². The van der Waals surface area contributed by atoms with E-state index in [4.69, 9.17) is 0 Å². The molecule has 1 aliphatic heterocycles. The molecule has 1 saturated carbocycles. The zero-order valence-corrected chi connectivity index (χ0v) is 15.6. The molecule has 2 rings (SSSR count). The van der Waals surface area contributed by atoms with Crippen LogP contribution in [0.4, 0.5) is 0 Å². The van der Waals surface area contributed by atoms with Crippen LogP contribution in [0.2, 0.25) is 0 Å². The molecule has 0 aromatic carbocycles. The molecule has 0 amide bonds. The predicted octanol–water partition coefficient (Wildman–Crippen LogP) is 1.76. The number of guanidine groups is 1. The largest absolute Gasteiger partial charge is 0.355 e. The minimum absolute atomic E-state index is 0.563. The molecule has 1 aliphatic carbocycles. The third-order valence-corrected chi connectivity index (χ3v) is 5.59. The zero-order chi connectivity index (χ0) is 16.7. The molecule has 134 valence electrons. The fraction of sp³-hybridized carbons (Fsp3) is 0.944. The summed E-state index contributed by atoms with van der Waals surface area (Å²) in [5.74, 6) is 1.94. The molecule has 1 unspecified atom stereocenters. The summed E-state index contributed by atoms with van der Waals surface area (Å²) in [5.41, 5.74) is 0. The molecular formula is C18H37N5. The van der Waals surface area contributed by atoms with Gasteiger partial charge >= 0.3 is 0 Å². The van der Waals surface area contributed by atoms with Crippen molar-refractivity contribution in [1.29, 1.82) is 0 Å². The number of piperazine rings is 1. The molecule has 0 bridgehead atoms. The Morgan fingerprint density at radius 2 is 1.87 bits per heavy atom. The van der Waals surface area contributed by atoms with Gasteiger partial charge in [-0.15, -0.1) is 0 Å². The van der Waals surface area contributed by atoms with Crippen LogP contribution in [0, 0.1) is 5.92 Å². The van der Waals surface area contributed by atoms with E-state index < -0.39 is 0 Å². The lowest BCUT2D eigenvalue weighted by atomic mass is 9.83. The van der Waals surface area contributed by atoms with Crippen LogP contribution >= 0.6 is 0 Å². The first kappa shape index (κ1) is 18.5. The lowest BCUT2D eigenvalue weighted by molar-refractivity contribution is 0.116. The maximum Gasteiger partial charge on any atom is 0.191 e. The van der Waals surface area contributed by atoms with Crippen LogP contribution in [-0.4, -0.2) is 75.2 Å². The fourth-order valence-electron chi connectivity index (χ4n) is 3.93. The molecule has 2 aliphatic rings. The Bertz CT molecular complexity index is 362. The Kier molecular flexibility index (Phi) is 7.63. The Morgan fingerprint density at radius 1 is 1.13 bits per heavy atom. The third-order valence-electron chi connectivity index (χ3n) is 5.59. The van der Waals surface area contributed by atoms with Crippen LogP contribution in [0.3, 0.4) is 0 Å². The molecule has 0 radical (unpaired) electrons. The van der Waals surface area contributed by atoms with Gasteiger partial charge in [0, 0.05) is 45.3 Å². The molecule has 2 N–H and O–H groups in total. The maximum atomic E-state index is 4.43. The highest BCUT2D eigenvalue weighted by atomic mass is 15.3. The minimum Gasteiger partial charge on any atom is -0.355 e. The second-order valence-electron chi connectivity index (χ2n) is 7.50. The molecule has 5 heteroatoms. The van der Waals surface area contributed by atoms with E-state index in [9.17, 15) is 0 Å². The van der Waals surface area contributed by atoms with E-state index in [1.54, 1.807) is 0 Å². The fourth-order valence-corrected chi connectivity index (χ4v) is 3.93. The predicted molar refractivity (Wildman–Crippen MR) is 99.1 cm³/mol. The van der Waals surface area contributed by atoms with Gasteiger partial charge in [-0.2, -0.15) is 0 Å². The zero-order valence-electron chi connectivity index (χ0n) is 15.6. The van der Waals surface area contributed by atoms with E-state index in [0.29, 0.717) is 12.1 Å². The Morgan fingerprint density at radius 3 is 2.52 bits per heavy atom. The lowest BCUT2D eigenvalue weighted by Crippen LogP contribution is -2.56. The average molecular weight is 324 g/mol. The van der Waals surface area contributed by atoms with Gasteiger partial charge in [0.1, 0.15) is 0 Å². The molecule has 1 atom stereocenters. The summed E-state index contributed by atoms with van der Waals surface area (Å²) in [6, 6.07) is 1.16. The number of nitrogens with one attached hydrogen (secondary N) is 2. The second kappa shape index (κ2) is 9.48. The highest BCUT2D eigenvalue weighted by Gasteiger charge is 2.24. The molecule has 5 nitrogen and oxygen atoms in total. The first-order valence-corrected chi connectivity index (χ1v) is 9.48. The van der Waals surface area contributed by atoms with Crippen molar-refractivity contribution >= 4 is 5.96 Å². The van der Waals surface area contributed by atoms with E-state index in [-0.39, 0.29) is 0 Å². The second-order valence-corrected chi connectivity index (χ2v) is 7.50. The number of likely N-dealkylation sites (N-methyl/N-ethyl adjacent to an activating group) is 2. The number of hydrogen-bond acceptors (Lipinski definition) is 3. The summed E-state index contributed by atoms with van der Waals surface area (Å²) in [4.78, 5) is 9.30. The van der Waals surface area contributed by atoms with Gasteiger partial charge in [-0.1, -0.05) is 19.8 Å². The normalized spacial score (nSPS) is 31.1. The van der Waals surface area contributed by atoms with Gasteiger partial charge in [-0.3, -0.25) is 9.89 Å². The van der Waals surface area contributed by atoms with E-state index in [2.05, 4.69) is 46.4 Å². The molecule has 0 aromatic rings. The van der Waals surface area contributed by atoms with E-state index in [1.807, 2.05) is 7.05 Å². The first-order valence-electron chi connectivity index (χ1n) is 9.48. The van der Waals surface area contributed by atoms with Crippen molar-refractivity contribution in [2.75, 3.05) is 47.3 Å². The molecule has 0 spiro atoms. The summed E-state index contributed by atoms with van der Waals surface area (Å²) in [6.07, 6.45) is 8.06. The smallest absolute Gasteiger partial charge is 0.191 e. The van der Waals surface area contributed by atoms with Gasteiger partial charge in [-0.25, -0.2) is 0 Å². The SMILES string of the molecule is CCCC1CCC(NC(=NC)NCC2CN(C)CCN2C)CC1. The first-order chi connectivity index (χ1) is 11.1. The lowest BCUT2D eigenvalue weighted by Gasteiger charge is -2.38. The molecule has 23 heavy (non-hydrogen) atoms. The van der Waals surface area contributed by atoms with E-state index >= 15 is 0 Å². The van der Waals surface area contributed by atoms with Gasteiger partial charge < -0.3 is 15.5 Å². The maximum absolute atomic E-state index is 4.43. The van der Waals surface area contributed by atoms with Crippen LogP contribution in [0.1, 0.15) is 45.4 Å². The summed E-state index contributed by atoms with van der Waals surface area (Å²) < 4.78 is 0. The third kappa shape index (κ3) is 5.96. The summed E-state index contributed by atoms with van der Waals surface area (Å²) >= 11 is 0. The van der Waals surface area contributed by atoms with Gasteiger partial charge in [0.05, 0.1) is 0 Å². The highest BCUT2D eigenvalue weighted by molar-refractivity contribution is 5.80. The molecule has 2 fully saturated rings. The molecule has 1 heterocycles. The van der Waals surface area contributed by atoms with Crippen molar-refractivity contribution in [2.24, 2.45) is 10.9 Å². The molecular weight excluding hydrogens is 286 g/mol. The van der Waals surface area contributed by atoms with E-state index in [1.165, 1.54) is 45.1 Å². The van der Waals surface area contributed by atoms with Gasteiger partial charge in [0.25, 0.3) is 0 Å². The van der Waals surface area contributed by atoms with Crippen molar-refractivity contribution in [3.05, 3.63) is 0 Å². The van der Waals surface area contributed by atoms with Crippen LogP contribution in [0.25, 0.3) is 0 Å². The van der Waals surface area contributed by atoms with Gasteiger partial charge in [0.15, 0.2) is 5.96 Å². The molecule has 1 saturated heterocycles. The van der Waals surface area contributed by atoms with Crippen molar-refractivity contribution in [3.63, 3.8) is 0 Å². The Hall–Kier alpha value is -0.810. The number of nitrogens with zero attached hydrogens (tertiary/aromatic N) is 3. The molecule has 0 aromatic heterocycles. The van der Waals surface area contributed by atoms with Crippen LogP contribution < -0.4 is 10.6 Å². The van der Waals surface area contributed by atoms with Crippen LogP contribution in [-0.2, 0) is 0 Å². The van der Waals surface area contributed by atoms with Crippen molar-refractivity contribution in [1.82, 2.24) is 20.4 Å². The standard InChI is InChI=1S/C18H37N5/c1-5-6-15-7-9-16(10-8-15)21-18(19-2)20-13-17-14-22(3)11-12-23(17)4/h15-17H,5-14H2,1-4H3,(H2,19,20,21). The van der Waals surface area contributed by atoms with Crippen LogP contribution in [0.15, 0.2) is 4.99 Å². The van der Waals surface area contributed by atoms with Crippen molar-refractivity contribution in [3.8, 4) is 0 Å². The summed E-state index contributed by atoms with van der Waals surface area (Å²) in [5, 5.41) is 7.18. The number of hydrogen-bond donors (Lipinski definition) is 2. The highest BCUT2D eigenvalue weighted by Crippen LogP contribution is 2.27. The summed E-state index contributed by atoms with van der Waals surface area (Å²) in [7, 11) is 6.32. The average Bonchev–Trinajstić information content (AvgIpc) is 2.56. The quantitative estimate of drug-likeness (QED) is 0.598. The minimum atomic E-state index is 0.563. The number of aliphatic imine (C=N–C) groups is 1. The Labute approximate surface area is 142 Å². The van der Waals surface area contributed by atoms with Crippen molar-refractivity contribution < 1.29 is 0 Å². The van der Waals surface area contributed by atoms with Crippen molar-refractivity contribution in [2.45, 2.75) is 57.5 Å². The monoisotopic (exact) mass is 323 g/mol. The Balaban J connectivity index is 1.71. The topological polar surface area (TPSA) is 42.9 Å². The van der Waals surface area contributed by atoms with E-state index in [0.717, 1.165) is 31.5 Å².